The molecule has 6 rings (SSSR count). The summed E-state index contributed by atoms with van der Waals surface area (Å²) in [4.78, 5) is 40.3. The van der Waals surface area contributed by atoms with Crippen molar-refractivity contribution in [2.24, 2.45) is 0 Å². The van der Waals surface area contributed by atoms with Crippen molar-refractivity contribution in [3.8, 4) is 11.3 Å². The molecular weight excluding hydrogens is 530 g/mol. The van der Waals surface area contributed by atoms with Gasteiger partial charge in [-0.25, -0.2) is 18.7 Å². The van der Waals surface area contributed by atoms with E-state index in [1.54, 1.807) is 58.6 Å². The van der Waals surface area contributed by atoms with E-state index in [2.05, 4.69) is 25.5 Å². The first-order valence-electron chi connectivity index (χ1n) is 13.6. The van der Waals surface area contributed by atoms with Gasteiger partial charge in [-0.2, -0.15) is 5.10 Å². The molecule has 0 radical (unpaired) electrons. The van der Waals surface area contributed by atoms with E-state index in [9.17, 15) is 14.0 Å². The third-order valence-corrected chi connectivity index (χ3v) is 7.79. The summed E-state index contributed by atoms with van der Waals surface area (Å²) < 4.78 is 29.2. The van der Waals surface area contributed by atoms with Crippen molar-refractivity contribution >= 4 is 34.4 Å². The lowest BCUT2D eigenvalue weighted by molar-refractivity contribution is -0.135. The summed E-state index contributed by atoms with van der Waals surface area (Å²) in [5.74, 6) is -0.548. The summed E-state index contributed by atoms with van der Waals surface area (Å²) in [7, 11) is 0. The number of aromatic amines is 1. The van der Waals surface area contributed by atoms with E-state index in [-0.39, 0.29) is 37.3 Å². The van der Waals surface area contributed by atoms with Crippen LogP contribution < -0.4 is 10.2 Å². The van der Waals surface area contributed by atoms with Gasteiger partial charge in [-0.3, -0.25) is 19.6 Å². The monoisotopic (exact) mass is 560 g/mol. The number of nitrogens with zero attached hydrogens (tertiary/aromatic N) is 6. The van der Waals surface area contributed by atoms with Gasteiger partial charge in [0.15, 0.2) is 0 Å². The second-order valence-corrected chi connectivity index (χ2v) is 10.7. The zero-order valence-corrected chi connectivity index (χ0v) is 22.6. The van der Waals surface area contributed by atoms with Crippen molar-refractivity contribution in [2.75, 3.05) is 49.5 Å². The SMILES string of the molecule is C[C@@H]1CN(c2ncccn2)CCN1C(=O)CN1CCC(F)(C(=O)Nc2ccc3[nH]nc(-c4ccc(F)cc4)c3c2)C1. The first-order valence-corrected chi connectivity index (χ1v) is 13.6. The van der Waals surface area contributed by atoms with Gasteiger partial charge >= 0.3 is 0 Å². The Morgan fingerprint density at radius 2 is 1.88 bits per heavy atom. The molecule has 212 valence electrons. The summed E-state index contributed by atoms with van der Waals surface area (Å²) in [5.41, 5.74) is 0.341. The van der Waals surface area contributed by atoms with Crippen LogP contribution in [-0.4, -0.2) is 92.8 Å². The second kappa shape index (κ2) is 10.8. The van der Waals surface area contributed by atoms with Crippen LogP contribution in [0.5, 0.6) is 0 Å². The van der Waals surface area contributed by atoms with Gasteiger partial charge in [-0.15, -0.1) is 0 Å². The number of hydrogen-bond acceptors (Lipinski definition) is 7. The van der Waals surface area contributed by atoms with Gasteiger partial charge in [0, 0.05) is 74.2 Å². The molecule has 2 aromatic carbocycles. The first kappa shape index (κ1) is 26.8. The molecule has 2 aliphatic heterocycles. The summed E-state index contributed by atoms with van der Waals surface area (Å²) in [6, 6.07) is 12.8. The fourth-order valence-corrected chi connectivity index (χ4v) is 5.58. The van der Waals surface area contributed by atoms with Gasteiger partial charge in [0.05, 0.1) is 17.8 Å². The quantitative estimate of drug-likeness (QED) is 0.373. The predicted molar refractivity (Wildman–Crippen MR) is 150 cm³/mol. The molecule has 2 saturated heterocycles. The average Bonchev–Trinajstić information content (AvgIpc) is 3.57. The number of benzene rings is 2. The maximum absolute atomic E-state index is 15.8. The number of piperazine rings is 1. The van der Waals surface area contributed by atoms with Crippen LogP contribution in [0.3, 0.4) is 0 Å². The number of aromatic nitrogens is 4. The molecule has 12 heteroatoms. The number of rotatable bonds is 6. The Bertz CT molecular complexity index is 1560. The molecular formula is C29H30F2N8O2. The lowest BCUT2D eigenvalue weighted by Crippen LogP contribution is -2.56. The highest BCUT2D eigenvalue weighted by molar-refractivity contribution is 6.01. The van der Waals surface area contributed by atoms with Gasteiger partial charge in [0.2, 0.25) is 17.5 Å². The number of carbonyl (C=O) groups is 2. The Hall–Kier alpha value is -4.45. The largest absolute Gasteiger partial charge is 0.337 e. The standard InChI is InChI=1S/C29H30F2N8O2/c1-19-16-38(28-32-10-2-11-33-28)13-14-39(19)25(40)17-37-12-9-29(31,18-37)27(41)34-22-7-8-24-23(15-22)26(36-35-24)20-3-5-21(30)6-4-20/h2-8,10-11,15,19H,9,12-14,16-18H2,1H3,(H,34,41)(H,35,36)/t19-,29?/m1/s1. The zero-order valence-electron chi connectivity index (χ0n) is 22.6. The molecule has 2 atom stereocenters. The number of fused-ring (bicyclic) bond motifs is 1. The molecule has 0 spiro atoms. The van der Waals surface area contributed by atoms with Crippen molar-refractivity contribution in [2.45, 2.75) is 25.1 Å². The highest BCUT2D eigenvalue weighted by Gasteiger charge is 2.46. The van der Waals surface area contributed by atoms with E-state index in [1.165, 1.54) is 12.1 Å². The molecule has 2 fully saturated rings. The molecule has 4 heterocycles. The third-order valence-electron chi connectivity index (χ3n) is 7.79. The van der Waals surface area contributed by atoms with E-state index in [1.807, 2.05) is 11.8 Å². The van der Waals surface area contributed by atoms with Crippen molar-refractivity contribution < 1.29 is 18.4 Å². The van der Waals surface area contributed by atoms with E-state index in [4.69, 9.17) is 0 Å². The number of anilines is 2. The van der Waals surface area contributed by atoms with Crippen LogP contribution in [0, 0.1) is 5.82 Å². The number of likely N-dealkylation sites (tertiary alicyclic amines) is 1. The fourth-order valence-electron chi connectivity index (χ4n) is 5.58. The van der Waals surface area contributed by atoms with Crippen molar-refractivity contribution in [1.82, 2.24) is 30.0 Å². The molecule has 1 unspecified atom stereocenters. The molecule has 41 heavy (non-hydrogen) atoms. The fraction of sp³-hybridized carbons (Fsp3) is 0.345. The van der Waals surface area contributed by atoms with Crippen LogP contribution in [0.25, 0.3) is 22.2 Å². The molecule has 2 N–H and O–H groups in total. The Labute approximate surface area is 235 Å². The minimum absolute atomic E-state index is 0.00439. The first-order chi connectivity index (χ1) is 19.8. The highest BCUT2D eigenvalue weighted by atomic mass is 19.1. The second-order valence-electron chi connectivity index (χ2n) is 10.7. The molecule has 10 nitrogen and oxygen atoms in total. The number of halogens is 2. The highest BCUT2D eigenvalue weighted by Crippen LogP contribution is 2.31. The van der Waals surface area contributed by atoms with Crippen LogP contribution in [0.15, 0.2) is 60.9 Å². The predicted octanol–water partition coefficient (Wildman–Crippen LogP) is 3.25. The lowest BCUT2D eigenvalue weighted by atomic mass is 10.0. The Kier molecular flexibility index (Phi) is 7.08. The summed E-state index contributed by atoms with van der Waals surface area (Å²) in [6.45, 7) is 3.90. The van der Waals surface area contributed by atoms with E-state index in [0.29, 0.717) is 54.5 Å². The van der Waals surface area contributed by atoms with Gasteiger partial charge < -0.3 is 15.1 Å². The molecule has 2 amide bonds. The molecule has 0 saturated carbocycles. The summed E-state index contributed by atoms with van der Waals surface area (Å²) >= 11 is 0. The van der Waals surface area contributed by atoms with Crippen LogP contribution in [0.1, 0.15) is 13.3 Å². The normalized spacial score (nSPS) is 21.4. The Balaban J connectivity index is 1.07. The van der Waals surface area contributed by atoms with Crippen molar-refractivity contribution in [3.63, 3.8) is 0 Å². The topological polar surface area (TPSA) is 110 Å². The minimum Gasteiger partial charge on any atom is -0.337 e. The summed E-state index contributed by atoms with van der Waals surface area (Å²) in [5, 5.41) is 10.7. The van der Waals surface area contributed by atoms with Gasteiger partial charge in [-0.1, -0.05) is 0 Å². The van der Waals surface area contributed by atoms with E-state index >= 15 is 4.39 Å². The van der Waals surface area contributed by atoms with Gasteiger partial charge in [0.1, 0.15) is 5.82 Å². The maximum Gasteiger partial charge on any atom is 0.263 e. The number of nitrogens with one attached hydrogen (secondary N) is 2. The van der Waals surface area contributed by atoms with Crippen LogP contribution >= 0.6 is 0 Å². The Morgan fingerprint density at radius 3 is 2.63 bits per heavy atom. The number of H-pyrrole nitrogens is 1. The minimum atomic E-state index is -2.12. The van der Waals surface area contributed by atoms with Gasteiger partial charge in [0.25, 0.3) is 5.91 Å². The molecule has 2 aromatic heterocycles. The summed E-state index contributed by atoms with van der Waals surface area (Å²) in [6.07, 6.45) is 3.38. The molecule has 0 aliphatic carbocycles. The lowest BCUT2D eigenvalue weighted by Gasteiger charge is -2.40. The molecule has 4 aromatic rings. The van der Waals surface area contributed by atoms with Crippen molar-refractivity contribution in [3.05, 3.63) is 66.7 Å². The number of hydrogen-bond donors (Lipinski definition) is 2. The van der Waals surface area contributed by atoms with E-state index < -0.39 is 11.6 Å². The average molecular weight is 561 g/mol. The van der Waals surface area contributed by atoms with Gasteiger partial charge in [-0.05, 0) is 55.5 Å². The van der Waals surface area contributed by atoms with Crippen LogP contribution in [0.2, 0.25) is 0 Å². The molecule has 0 bridgehead atoms. The van der Waals surface area contributed by atoms with Crippen LogP contribution in [-0.2, 0) is 9.59 Å². The molecule has 2 aliphatic rings. The van der Waals surface area contributed by atoms with Crippen molar-refractivity contribution in [1.29, 1.82) is 0 Å². The van der Waals surface area contributed by atoms with Crippen LogP contribution in [0.4, 0.5) is 20.4 Å². The zero-order chi connectivity index (χ0) is 28.6. The van der Waals surface area contributed by atoms with E-state index in [0.717, 1.165) is 5.52 Å². The number of carbonyl (C=O) groups excluding carboxylic acids is 2. The number of alkyl halides is 1. The Morgan fingerprint density at radius 1 is 1.10 bits per heavy atom. The third kappa shape index (κ3) is 5.47. The number of amides is 2. The maximum atomic E-state index is 15.8. The smallest absolute Gasteiger partial charge is 0.263 e.